The first kappa shape index (κ1) is 23.6. The summed E-state index contributed by atoms with van der Waals surface area (Å²) in [7, 11) is 0. The van der Waals surface area contributed by atoms with Gasteiger partial charge in [0.25, 0.3) is 5.71 Å². The molecule has 0 saturated heterocycles. The summed E-state index contributed by atoms with van der Waals surface area (Å²) in [6, 6.07) is 37.6. The van der Waals surface area contributed by atoms with Crippen molar-refractivity contribution >= 4 is 61.7 Å². The highest BCUT2D eigenvalue weighted by molar-refractivity contribution is 7.22. The van der Waals surface area contributed by atoms with Crippen molar-refractivity contribution in [3.63, 3.8) is 0 Å². The highest BCUT2D eigenvalue weighted by Gasteiger charge is 2.47. The van der Waals surface area contributed by atoms with Crippen LogP contribution in [0.1, 0.15) is 28.5 Å². The van der Waals surface area contributed by atoms with E-state index in [0.29, 0.717) is 0 Å². The average molecular weight is 570 g/mol. The largest absolute Gasteiger partial charge is 0.554 e. The molecule has 4 heteroatoms. The molecule has 3 nitrogen and oxygen atoms in total. The van der Waals surface area contributed by atoms with Crippen LogP contribution in [0.2, 0.25) is 0 Å². The molecule has 202 valence electrons. The lowest BCUT2D eigenvalue weighted by atomic mass is 9.72. The third-order valence-corrected chi connectivity index (χ3v) is 10.8. The number of thiophene rings is 1. The summed E-state index contributed by atoms with van der Waals surface area (Å²) < 4.78 is 9.27. The molecule has 0 amide bonds. The zero-order valence-electron chi connectivity index (χ0n) is 23.3. The smallest absolute Gasteiger partial charge is 0.212 e. The van der Waals surface area contributed by atoms with Gasteiger partial charge in [-0.05, 0) is 51.2 Å². The van der Waals surface area contributed by atoms with Gasteiger partial charge in [0.15, 0.2) is 11.7 Å². The Bertz CT molecular complexity index is 2430. The van der Waals surface area contributed by atoms with Crippen LogP contribution in [-0.4, -0.2) is 22.3 Å². The molecule has 2 aromatic heterocycles. The third-order valence-electron chi connectivity index (χ3n) is 9.58. The number of benzene rings is 4. The van der Waals surface area contributed by atoms with Crippen molar-refractivity contribution in [3.05, 3.63) is 148 Å². The number of hydrogen-bond acceptors (Lipinski definition) is 1. The van der Waals surface area contributed by atoms with E-state index < -0.39 is 0 Å². The van der Waals surface area contributed by atoms with Crippen molar-refractivity contribution < 1.29 is 5.32 Å². The average Bonchev–Trinajstić information content (AvgIpc) is 3.76. The molecular weight excluding hydrogens is 543 g/mol. The molecule has 3 heterocycles. The van der Waals surface area contributed by atoms with E-state index in [1.54, 1.807) is 0 Å². The molecule has 3 aliphatic carbocycles. The van der Waals surface area contributed by atoms with Gasteiger partial charge in [-0.25, -0.2) is 5.32 Å². The standard InChI is InChI=1S/C39H25N3S/c1-2-11-23(12-3-1)26-17-10-18-31-36(26)41-39(40-31)42-32-19-8-6-15-27(32)34-29-21-24-13-4-5-14-25(24)22-30(29)35-28-16-7-9-20-33(28)43-38(35)37(34)42/h1-22,29-31H/p+2. The van der Waals surface area contributed by atoms with Crippen molar-refractivity contribution in [1.29, 1.82) is 0 Å². The molecule has 0 spiro atoms. The minimum atomic E-state index is 0.159. The first-order valence-corrected chi connectivity index (χ1v) is 15.8. The highest BCUT2D eigenvalue weighted by atomic mass is 32.1. The minimum absolute atomic E-state index is 0.159. The van der Waals surface area contributed by atoms with Crippen molar-refractivity contribution in [1.82, 2.24) is 9.24 Å². The second-order valence-corrected chi connectivity index (χ2v) is 12.9. The van der Waals surface area contributed by atoms with Crippen LogP contribution >= 0.6 is 11.3 Å². The summed E-state index contributed by atoms with van der Waals surface area (Å²) >= 11 is 1.93. The SMILES string of the molecule is C1=CC2[NH2+]C(n3c4c(c5ccccc53)C3C=c5ccccc5=CC3c3c-4sc4ccccc34)=[N+]=C2C(c2ccccc2)=C1. The highest BCUT2D eigenvalue weighted by Crippen LogP contribution is 2.57. The van der Waals surface area contributed by atoms with E-state index in [1.165, 1.54) is 64.3 Å². The predicted molar refractivity (Wildman–Crippen MR) is 180 cm³/mol. The van der Waals surface area contributed by atoms with Gasteiger partial charge in [0, 0.05) is 33.1 Å². The Balaban J connectivity index is 1.31. The molecule has 0 radical (unpaired) electrons. The van der Waals surface area contributed by atoms with Gasteiger partial charge in [-0.2, -0.15) is 0 Å². The Hall–Kier alpha value is -4.99. The van der Waals surface area contributed by atoms with Crippen molar-refractivity contribution in [2.75, 3.05) is 0 Å². The minimum Gasteiger partial charge on any atom is -0.212 e. The van der Waals surface area contributed by atoms with Gasteiger partial charge in [0.05, 0.1) is 4.88 Å². The fraction of sp³-hybridized carbons (Fsp3) is 0.0769. The van der Waals surface area contributed by atoms with Crippen LogP contribution in [0.15, 0.2) is 121 Å². The van der Waals surface area contributed by atoms with Gasteiger partial charge in [-0.1, -0.05) is 109 Å². The quantitative estimate of drug-likeness (QED) is 0.261. The molecule has 3 unspecified atom stereocenters. The molecule has 4 aliphatic rings. The number of nitrogens with zero attached hydrogens (tertiary/aromatic N) is 2. The number of para-hydroxylation sites is 1. The molecular formula is C39H27N3S+2. The molecule has 10 rings (SSSR count). The van der Waals surface area contributed by atoms with Crippen LogP contribution in [0.3, 0.4) is 0 Å². The second kappa shape index (κ2) is 8.76. The first-order chi connectivity index (χ1) is 21.3. The van der Waals surface area contributed by atoms with E-state index >= 15 is 0 Å². The van der Waals surface area contributed by atoms with Gasteiger partial charge < -0.3 is 0 Å². The number of hydrogen-bond donors (Lipinski definition) is 1. The maximum absolute atomic E-state index is 5.44. The number of rotatable bonds is 1. The van der Waals surface area contributed by atoms with Crippen LogP contribution in [0.5, 0.6) is 0 Å². The maximum atomic E-state index is 5.44. The summed E-state index contributed by atoms with van der Waals surface area (Å²) in [5, 5.41) is 7.72. The van der Waals surface area contributed by atoms with Crippen molar-refractivity contribution in [3.8, 4) is 10.6 Å². The number of fused-ring (bicyclic) bond motifs is 12. The summed E-state index contributed by atoms with van der Waals surface area (Å²) in [5.41, 5.74) is 8.98. The van der Waals surface area contributed by atoms with E-state index in [1.807, 2.05) is 11.3 Å². The van der Waals surface area contributed by atoms with Gasteiger partial charge in [0.2, 0.25) is 0 Å². The summed E-state index contributed by atoms with van der Waals surface area (Å²) in [5.74, 6) is 1.56. The topological polar surface area (TPSA) is 35.6 Å². The zero-order valence-corrected chi connectivity index (χ0v) is 24.1. The fourth-order valence-corrected chi connectivity index (χ4v) is 9.08. The summed E-state index contributed by atoms with van der Waals surface area (Å²) in [4.78, 5) is 1.38. The first-order valence-electron chi connectivity index (χ1n) is 15.0. The monoisotopic (exact) mass is 569 g/mol. The lowest BCUT2D eigenvalue weighted by molar-refractivity contribution is -0.549. The fourth-order valence-electron chi connectivity index (χ4n) is 7.78. The second-order valence-electron chi connectivity index (χ2n) is 11.8. The van der Waals surface area contributed by atoms with Crippen LogP contribution in [-0.2, 0) is 0 Å². The Morgan fingerprint density at radius 2 is 1.40 bits per heavy atom. The Labute approximate surface area is 252 Å². The lowest BCUT2D eigenvalue weighted by Crippen LogP contribution is -2.94. The lowest BCUT2D eigenvalue weighted by Gasteiger charge is -2.30. The van der Waals surface area contributed by atoms with Gasteiger partial charge >= 0.3 is 5.96 Å². The number of allylic oxidation sites excluding steroid dienone is 2. The van der Waals surface area contributed by atoms with Gasteiger partial charge in [-0.15, -0.1) is 20.6 Å². The molecule has 0 bridgehead atoms. The van der Waals surface area contributed by atoms with E-state index in [4.69, 9.17) is 4.67 Å². The van der Waals surface area contributed by atoms with E-state index in [9.17, 15) is 0 Å². The zero-order chi connectivity index (χ0) is 28.1. The molecule has 6 aromatic rings. The van der Waals surface area contributed by atoms with Crippen molar-refractivity contribution in [2.45, 2.75) is 17.9 Å². The van der Waals surface area contributed by atoms with E-state index in [-0.39, 0.29) is 17.9 Å². The van der Waals surface area contributed by atoms with Crippen LogP contribution < -0.4 is 20.4 Å². The predicted octanol–water partition coefficient (Wildman–Crippen LogP) is 5.29. The number of nitrogens with two attached hydrogens (primary N) is 1. The summed E-state index contributed by atoms with van der Waals surface area (Å²) in [6.45, 7) is 0. The van der Waals surface area contributed by atoms with Crippen LogP contribution in [0.4, 0.5) is 0 Å². The number of quaternary nitrogens is 1. The van der Waals surface area contributed by atoms with Crippen LogP contribution in [0.25, 0.3) is 49.3 Å². The van der Waals surface area contributed by atoms with Gasteiger partial charge in [-0.3, -0.25) is 0 Å². The van der Waals surface area contributed by atoms with Crippen molar-refractivity contribution in [2.24, 2.45) is 0 Å². The molecule has 4 aromatic carbocycles. The molecule has 0 saturated carbocycles. The van der Waals surface area contributed by atoms with Crippen LogP contribution in [0, 0.1) is 0 Å². The Morgan fingerprint density at radius 1 is 0.698 bits per heavy atom. The number of aromatic nitrogens is 1. The molecule has 1 aliphatic heterocycles. The Morgan fingerprint density at radius 3 is 2.23 bits per heavy atom. The molecule has 43 heavy (non-hydrogen) atoms. The summed E-state index contributed by atoms with van der Waals surface area (Å²) in [6.07, 6.45) is 11.7. The Kier molecular flexibility index (Phi) is 4.80. The third kappa shape index (κ3) is 3.26. The molecule has 2 N–H and O–H groups in total. The normalized spacial score (nSPS) is 21.0. The molecule has 0 fully saturated rings. The molecule has 3 atom stereocenters. The van der Waals surface area contributed by atoms with Gasteiger partial charge in [0.1, 0.15) is 5.52 Å². The maximum Gasteiger partial charge on any atom is 0.554 e. The van der Waals surface area contributed by atoms with E-state index in [0.717, 1.165) is 11.7 Å². The van der Waals surface area contributed by atoms with E-state index in [2.05, 4.69) is 143 Å².